The first-order chi connectivity index (χ1) is 22.4. The van der Waals surface area contributed by atoms with E-state index in [4.69, 9.17) is 0 Å². The van der Waals surface area contributed by atoms with Crippen LogP contribution in [-0.2, 0) is 31.5 Å². The molecular weight excluding hydrogens is 677 g/mol. The first kappa shape index (κ1) is 35.4. The van der Waals surface area contributed by atoms with Crippen LogP contribution in [-0.4, -0.2) is 43.9 Å². The van der Waals surface area contributed by atoms with Gasteiger partial charge in [0.1, 0.15) is 28.4 Å². The fourth-order valence-electron chi connectivity index (χ4n) is 5.90. The fraction of sp³-hybridized carbons (Fsp3) is 0.273. The largest absolute Gasteiger partial charge is 0.430 e. The first-order valence-electron chi connectivity index (χ1n) is 14.2. The average molecular weight is 704 g/mol. The Morgan fingerprint density at radius 2 is 1.33 bits per heavy atom. The number of alkyl halides is 6. The van der Waals surface area contributed by atoms with Gasteiger partial charge in [0.15, 0.2) is 9.84 Å². The van der Waals surface area contributed by atoms with E-state index in [9.17, 15) is 53.0 Å². The lowest BCUT2D eigenvalue weighted by molar-refractivity contribution is -0.392. The zero-order valence-corrected chi connectivity index (χ0v) is 25.4. The van der Waals surface area contributed by atoms with Crippen LogP contribution in [0.15, 0.2) is 102 Å². The second kappa shape index (κ2) is 12.8. The highest BCUT2D eigenvalue weighted by Crippen LogP contribution is 2.54. The Morgan fingerprint density at radius 1 is 0.771 bits per heavy atom. The molecule has 1 N–H and O–H groups in total. The van der Waals surface area contributed by atoms with E-state index in [-0.39, 0.29) is 23.4 Å². The third-order valence-corrected chi connectivity index (χ3v) is 10.9. The highest BCUT2D eigenvalue weighted by atomic mass is 32.2. The smallest absolute Gasteiger partial charge is 0.374 e. The van der Waals surface area contributed by atoms with Gasteiger partial charge in [0.2, 0.25) is 0 Å². The highest BCUT2D eigenvalue weighted by Gasteiger charge is 2.73. The van der Waals surface area contributed by atoms with Gasteiger partial charge in [-0.25, -0.2) is 21.6 Å². The number of nitrogens with zero attached hydrogens (tertiary/aromatic N) is 1. The zero-order chi connectivity index (χ0) is 35.1. The van der Waals surface area contributed by atoms with E-state index in [1.165, 1.54) is 4.90 Å². The van der Waals surface area contributed by atoms with Crippen molar-refractivity contribution < 1.29 is 57.8 Å². The Bertz CT molecular complexity index is 1820. The van der Waals surface area contributed by atoms with Crippen molar-refractivity contribution in [2.24, 2.45) is 0 Å². The van der Waals surface area contributed by atoms with Gasteiger partial charge in [0.05, 0.1) is 11.5 Å². The predicted molar refractivity (Wildman–Crippen MR) is 154 cm³/mol. The third kappa shape index (κ3) is 6.08. The molecule has 5 rings (SSSR count). The minimum Gasteiger partial charge on any atom is -0.374 e. The molecule has 0 aliphatic carbocycles. The number of benzene rings is 4. The summed E-state index contributed by atoms with van der Waals surface area (Å²) in [7, 11) is -4.56. The van der Waals surface area contributed by atoms with Crippen molar-refractivity contribution in [3.05, 3.63) is 137 Å². The molecule has 4 aromatic rings. The second-order valence-corrected chi connectivity index (χ2v) is 13.5. The van der Waals surface area contributed by atoms with E-state index in [1.54, 1.807) is 30.3 Å². The lowest BCUT2D eigenvalue weighted by Crippen LogP contribution is -2.56. The van der Waals surface area contributed by atoms with Crippen LogP contribution in [0.25, 0.3) is 0 Å². The maximum Gasteiger partial charge on any atom is 0.430 e. The maximum absolute atomic E-state index is 14.5. The third-order valence-electron chi connectivity index (χ3n) is 8.45. The van der Waals surface area contributed by atoms with Crippen molar-refractivity contribution in [1.82, 2.24) is 4.90 Å². The standard InChI is InChI=1S/C33H26F9NO4S/c34-24-13-15-25(16-14-24)48(45,46)30(17-18-43(20-30)29(44)21-5-2-1-3-6-21)22-9-11-23(12-10-22)31(32(37,38)39,33(40,41)42)47-19-26-27(35)7-4-8-28(26)36/h1-16,29,44H,17-20H2. The molecule has 0 aromatic heterocycles. The average Bonchev–Trinajstić information content (AvgIpc) is 3.49. The predicted octanol–water partition coefficient (Wildman–Crippen LogP) is 7.71. The Hall–Kier alpha value is -3.92. The Kier molecular flexibility index (Phi) is 9.47. The summed E-state index contributed by atoms with van der Waals surface area (Å²) in [5.41, 5.74) is -7.61. The summed E-state index contributed by atoms with van der Waals surface area (Å²) < 4.78 is 160. The number of sulfone groups is 1. The van der Waals surface area contributed by atoms with Gasteiger partial charge in [-0.05, 0) is 53.9 Å². The molecule has 1 heterocycles. The number of rotatable bonds is 9. The van der Waals surface area contributed by atoms with Crippen molar-refractivity contribution in [2.75, 3.05) is 13.1 Å². The van der Waals surface area contributed by atoms with E-state index >= 15 is 0 Å². The zero-order valence-electron chi connectivity index (χ0n) is 24.6. The number of aliphatic hydroxyl groups is 1. The molecule has 1 aliphatic heterocycles. The molecule has 15 heteroatoms. The molecule has 1 aliphatic rings. The lowest BCUT2D eigenvalue weighted by atomic mass is 9.88. The van der Waals surface area contributed by atoms with Gasteiger partial charge in [0, 0.05) is 24.2 Å². The summed E-state index contributed by atoms with van der Waals surface area (Å²) in [6.45, 7) is -2.27. The number of aliphatic hydroxyl groups excluding tert-OH is 1. The summed E-state index contributed by atoms with van der Waals surface area (Å²) in [6, 6.07) is 16.3. The van der Waals surface area contributed by atoms with Crippen molar-refractivity contribution in [3.63, 3.8) is 0 Å². The summed E-state index contributed by atoms with van der Waals surface area (Å²) in [5.74, 6) is -3.62. The maximum atomic E-state index is 14.5. The number of hydrogen-bond acceptors (Lipinski definition) is 5. The van der Waals surface area contributed by atoms with E-state index < -0.39 is 80.5 Å². The monoisotopic (exact) mass is 703 g/mol. The summed E-state index contributed by atoms with van der Waals surface area (Å²) in [6.07, 6.45) is -14.0. The van der Waals surface area contributed by atoms with Crippen LogP contribution < -0.4 is 0 Å². The fourth-order valence-corrected chi connectivity index (χ4v) is 7.99. The second-order valence-electron chi connectivity index (χ2n) is 11.2. The molecule has 256 valence electrons. The minimum atomic E-state index is -6.21. The van der Waals surface area contributed by atoms with Gasteiger partial charge in [-0.15, -0.1) is 0 Å². The summed E-state index contributed by atoms with van der Waals surface area (Å²) in [4.78, 5) is 1.01. The molecule has 0 radical (unpaired) electrons. The molecule has 0 bridgehead atoms. The molecule has 4 aromatic carbocycles. The van der Waals surface area contributed by atoms with Crippen LogP contribution in [0.2, 0.25) is 0 Å². The van der Waals surface area contributed by atoms with Gasteiger partial charge in [-0.2, -0.15) is 26.3 Å². The highest BCUT2D eigenvalue weighted by molar-refractivity contribution is 7.92. The van der Waals surface area contributed by atoms with Crippen molar-refractivity contribution in [2.45, 2.75) is 46.9 Å². The Balaban J connectivity index is 1.61. The number of ether oxygens (including phenoxy) is 1. The molecule has 1 saturated heterocycles. The molecule has 0 saturated carbocycles. The number of hydrogen-bond donors (Lipinski definition) is 1. The summed E-state index contributed by atoms with van der Waals surface area (Å²) in [5, 5.41) is 11.1. The topological polar surface area (TPSA) is 66.8 Å². The Labute approximate surface area is 269 Å². The Morgan fingerprint density at radius 3 is 1.88 bits per heavy atom. The van der Waals surface area contributed by atoms with Crippen LogP contribution in [0.1, 0.15) is 34.9 Å². The lowest BCUT2D eigenvalue weighted by Gasteiger charge is -2.38. The quantitative estimate of drug-likeness (QED) is 0.143. The van der Waals surface area contributed by atoms with E-state index in [2.05, 4.69) is 4.74 Å². The van der Waals surface area contributed by atoms with Crippen molar-refractivity contribution in [3.8, 4) is 0 Å². The van der Waals surface area contributed by atoms with Gasteiger partial charge < -0.3 is 9.84 Å². The van der Waals surface area contributed by atoms with Crippen LogP contribution in [0.3, 0.4) is 0 Å². The van der Waals surface area contributed by atoms with Crippen molar-refractivity contribution >= 4 is 9.84 Å². The molecular formula is C33H26F9NO4S. The van der Waals surface area contributed by atoms with Gasteiger partial charge >= 0.3 is 12.4 Å². The SMILES string of the molecule is O=S(=O)(c1ccc(F)cc1)C1(c2ccc(C(OCc3c(F)cccc3F)(C(F)(F)F)C(F)(F)F)cc2)CCN(C(O)c2ccccc2)C1. The first-order valence-corrected chi connectivity index (χ1v) is 15.7. The number of halogens is 9. The molecule has 5 nitrogen and oxygen atoms in total. The number of likely N-dealkylation sites (tertiary alicyclic amines) is 1. The van der Waals surface area contributed by atoms with Crippen LogP contribution in [0.4, 0.5) is 39.5 Å². The molecule has 0 amide bonds. The van der Waals surface area contributed by atoms with Crippen LogP contribution in [0.5, 0.6) is 0 Å². The summed E-state index contributed by atoms with van der Waals surface area (Å²) >= 11 is 0. The molecule has 0 spiro atoms. The van der Waals surface area contributed by atoms with Gasteiger partial charge in [-0.3, -0.25) is 4.90 Å². The van der Waals surface area contributed by atoms with E-state index in [0.717, 1.165) is 42.5 Å². The molecule has 48 heavy (non-hydrogen) atoms. The van der Waals surface area contributed by atoms with Crippen LogP contribution >= 0.6 is 0 Å². The van der Waals surface area contributed by atoms with Gasteiger partial charge in [0.25, 0.3) is 5.60 Å². The van der Waals surface area contributed by atoms with Crippen LogP contribution in [0, 0.1) is 17.5 Å². The molecule has 2 atom stereocenters. The van der Waals surface area contributed by atoms with Gasteiger partial charge in [-0.1, -0.05) is 60.7 Å². The minimum absolute atomic E-state index is 0.0649. The molecule has 1 fully saturated rings. The van der Waals surface area contributed by atoms with E-state index in [0.29, 0.717) is 29.8 Å². The van der Waals surface area contributed by atoms with E-state index in [1.807, 2.05) is 0 Å². The van der Waals surface area contributed by atoms with Crippen molar-refractivity contribution in [1.29, 1.82) is 0 Å². The molecule has 2 unspecified atom stereocenters. The normalized spacial score (nSPS) is 18.6.